The van der Waals surface area contributed by atoms with E-state index in [4.69, 9.17) is 0 Å². The molecule has 0 spiro atoms. The summed E-state index contributed by atoms with van der Waals surface area (Å²) in [4.78, 5) is 1.31. The zero-order valence-corrected chi connectivity index (χ0v) is 9.54. The average molecular weight is 229 g/mol. The highest BCUT2D eigenvalue weighted by Gasteiger charge is 2.28. The monoisotopic (exact) mass is 229 g/mol. The van der Waals surface area contributed by atoms with E-state index in [-0.39, 0.29) is 0 Å². The molecule has 0 aromatic carbocycles. The molecular weight excluding hydrogens is 211 g/mol. The second kappa shape index (κ2) is 6.56. The average Bonchev–Trinajstić information content (AvgIpc) is 1.98. The molecule has 0 heterocycles. The third-order valence-electron chi connectivity index (χ3n) is 2.07. The zero-order chi connectivity index (χ0) is 11.2. The van der Waals surface area contributed by atoms with Gasteiger partial charge < -0.3 is 0 Å². The number of thiol groups is 1. The first-order valence-corrected chi connectivity index (χ1v) is 5.34. The third kappa shape index (κ3) is 8.69. The highest BCUT2D eigenvalue weighted by molar-refractivity contribution is 7.80. The molecule has 0 aromatic rings. The van der Waals surface area contributed by atoms with Gasteiger partial charge in [0.1, 0.15) is 0 Å². The molecule has 5 heteroatoms. The topological polar surface area (TPSA) is 3.24 Å². The molecule has 0 saturated carbocycles. The van der Waals surface area contributed by atoms with Gasteiger partial charge in [-0.1, -0.05) is 6.92 Å². The predicted octanol–water partition coefficient (Wildman–Crippen LogP) is 2.83. The summed E-state index contributed by atoms with van der Waals surface area (Å²) in [5.74, 6) is 1.24. The van der Waals surface area contributed by atoms with Crippen molar-refractivity contribution in [3.05, 3.63) is 0 Å². The molecule has 0 aromatic heterocycles. The van der Waals surface area contributed by atoms with E-state index in [0.717, 1.165) is 18.6 Å². The minimum Gasteiger partial charge on any atom is -0.298 e. The Kier molecular flexibility index (Phi) is 6.61. The molecule has 1 nitrogen and oxygen atoms in total. The van der Waals surface area contributed by atoms with E-state index in [2.05, 4.69) is 12.6 Å². The van der Waals surface area contributed by atoms with Gasteiger partial charge in [-0.15, -0.1) is 0 Å². The summed E-state index contributed by atoms with van der Waals surface area (Å²) in [7, 11) is 1.50. The molecule has 0 saturated heterocycles. The lowest BCUT2D eigenvalue weighted by molar-refractivity contribution is -0.143. The quantitative estimate of drug-likeness (QED) is 0.685. The zero-order valence-electron chi connectivity index (χ0n) is 8.64. The van der Waals surface area contributed by atoms with E-state index < -0.39 is 12.7 Å². The van der Waals surface area contributed by atoms with E-state index in [1.54, 1.807) is 0 Å². The van der Waals surface area contributed by atoms with Gasteiger partial charge in [0, 0.05) is 0 Å². The van der Waals surface area contributed by atoms with Gasteiger partial charge in [0.25, 0.3) is 0 Å². The number of alkyl halides is 3. The second-order valence-electron chi connectivity index (χ2n) is 3.76. The molecule has 0 bridgehead atoms. The molecule has 0 aliphatic heterocycles. The highest BCUT2D eigenvalue weighted by atomic mass is 32.1. The van der Waals surface area contributed by atoms with Crippen LogP contribution in [0.3, 0.4) is 0 Å². The van der Waals surface area contributed by atoms with Crippen molar-refractivity contribution in [2.45, 2.75) is 25.9 Å². The smallest absolute Gasteiger partial charge is 0.298 e. The van der Waals surface area contributed by atoms with Crippen LogP contribution < -0.4 is 0 Å². The van der Waals surface area contributed by atoms with Crippen molar-refractivity contribution in [2.75, 3.05) is 25.9 Å². The molecule has 0 N–H and O–H groups in total. The lowest BCUT2D eigenvalue weighted by Gasteiger charge is -2.20. The van der Waals surface area contributed by atoms with Crippen molar-refractivity contribution in [1.82, 2.24) is 4.90 Å². The fraction of sp³-hybridized carbons (Fsp3) is 1.00. The first kappa shape index (κ1) is 14.1. The summed E-state index contributed by atoms with van der Waals surface area (Å²) in [6.07, 6.45) is -2.32. The maximum atomic E-state index is 11.9. The molecule has 1 atom stereocenters. The molecule has 0 amide bonds. The normalized spacial score (nSPS) is 14.8. The Bertz CT molecular complexity index is 149. The lowest BCUT2D eigenvalue weighted by atomic mass is 10.1. The maximum Gasteiger partial charge on any atom is 0.401 e. The number of hydrogen-bond donors (Lipinski definition) is 1. The van der Waals surface area contributed by atoms with Crippen LogP contribution in [-0.2, 0) is 0 Å². The Balaban J connectivity index is 3.58. The van der Waals surface area contributed by atoms with Crippen LogP contribution in [0, 0.1) is 5.92 Å². The van der Waals surface area contributed by atoms with Gasteiger partial charge in [-0.3, -0.25) is 4.90 Å². The van der Waals surface area contributed by atoms with Gasteiger partial charge in [-0.2, -0.15) is 25.8 Å². The van der Waals surface area contributed by atoms with Gasteiger partial charge in [-0.05, 0) is 38.1 Å². The molecule has 86 valence electrons. The number of halogens is 3. The molecular formula is C9H18F3NS. The SMILES string of the molecule is CC(CCS)CCN(C)CC(F)(F)F. The Hall–Kier alpha value is 0.100. The second-order valence-corrected chi connectivity index (χ2v) is 4.21. The van der Waals surface area contributed by atoms with Crippen LogP contribution >= 0.6 is 12.6 Å². The van der Waals surface area contributed by atoms with E-state index in [1.807, 2.05) is 6.92 Å². The number of rotatable bonds is 6. The minimum absolute atomic E-state index is 0.447. The van der Waals surface area contributed by atoms with Crippen LogP contribution in [0.25, 0.3) is 0 Å². The van der Waals surface area contributed by atoms with Crippen molar-refractivity contribution in [3.63, 3.8) is 0 Å². The van der Waals surface area contributed by atoms with Gasteiger partial charge in [-0.25, -0.2) is 0 Å². The van der Waals surface area contributed by atoms with Crippen molar-refractivity contribution >= 4 is 12.6 Å². The largest absolute Gasteiger partial charge is 0.401 e. The molecule has 0 radical (unpaired) electrons. The molecule has 0 rings (SSSR count). The molecule has 1 unspecified atom stereocenters. The predicted molar refractivity (Wildman–Crippen MR) is 55.8 cm³/mol. The summed E-state index contributed by atoms with van der Waals surface area (Å²) in [6.45, 7) is 1.71. The first-order chi connectivity index (χ1) is 6.35. The number of nitrogens with zero attached hydrogens (tertiary/aromatic N) is 1. The van der Waals surface area contributed by atoms with E-state index >= 15 is 0 Å². The van der Waals surface area contributed by atoms with Crippen LogP contribution in [0.4, 0.5) is 13.2 Å². The summed E-state index contributed by atoms with van der Waals surface area (Å²) in [5, 5.41) is 0. The van der Waals surface area contributed by atoms with Gasteiger partial charge in [0.05, 0.1) is 6.54 Å². The van der Waals surface area contributed by atoms with Crippen LogP contribution in [0.1, 0.15) is 19.8 Å². The minimum atomic E-state index is -4.08. The maximum absolute atomic E-state index is 11.9. The standard InChI is InChI=1S/C9H18F3NS/c1-8(4-6-14)3-5-13(2)7-9(10,11)12/h8,14H,3-7H2,1-2H3. The molecule has 14 heavy (non-hydrogen) atoms. The summed E-state index contributed by atoms with van der Waals surface area (Å²) in [6, 6.07) is 0. The van der Waals surface area contributed by atoms with E-state index in [0.29, 0.717) is 12.5 Å². The van der Waals surface area contributed by atoms with Crippen LogP contribution in [0.5, 0.6) is 0 Å². The fourth-order valence-electron chi connectivity index (χ4n) is 1.19. The van der Waals surface area contributed by atoms with Gasteiger partial charge in [0.2, 0.25) is 0 Å². The Morgan fingerprint density at radius 1 is 1.29 bits per heavy atom. The van der Waals surface area contributed by atoms with Crippen LogP contribution in [0.2, 0.25) is 0 Å². The Labute approximate surface area is 89.1 Å². The lowest BCUT2D eigenvalue weighted by Crippen LogP contribution is -2.32. The summed E-state index contributed by atoms with van der Waals surface area (Å²) < 4.78 is 35.8. The highest BCUT2D eigenvalue weighted by Crippen LogP contribution is 2.16. The summed E-state index contributed by atoms with van der Waals surface area (Å²) >= 11 is 4.08. The molecule has 0 fully saturated rings. The van der Waals surface area contributed by atoms with Crippen LogP contribution in [0.15, 0.2) is 0 Å². The molecule has 0 aliphatic carbocycles. The Morgan fingerprint density at radius 3 is 2.29 bits per heavy atom. The van der Waals surface area contributed by atoms with E-state index in [9.17, 15) is 13.2 Å². The van der Waals surface area contributed by atoms with Gasteiger partial charge in [0.15, 0.2) is 0 Å². The van der Waals surface area contributed by atoms with Crippen molar-refractivity contribution in [2.24, 2.45) is 5.92 Å². The fourth-order valence-corrected chi connectivity index (χ4v) is 1.63. The van der Waals surface area contributed by atoms with Crippen LogP contribution in [-0.4, -0.2) is 37.0 Å². The Morgan fingerprint density at radius 2 is 1.86 bits per heavy atom. The van der Waals surface area contributed by atoms with Crippen molar-refractivity contribution < 1.29 is 13.2 Å². The summed E-state index contributed by atoms with van der Waals surface area (Å²) in [5.41, 5.74) is 0. The number of hydrogen-bond acceptors (Lipinski definition) is 2. The first-order valence-electron chi connectivity index (χ1n) is 4.71. The third-order valence-corrected chi connectivity index (χ3v) is 2.33. The van der Waals surface area contributed by atoms with Gasteiger partial charge >= 0.3 is 6.18 Å². The van der Waals surface area contributed by atoms with E-state index in [1.165, 1.54) is 11.9 Å². The molecule has 0 aliphatic rings. The van der Waals surface area contributed by atoms with Crippen molar-refractivity contribution in [1.29, 1.82) is 0 Å². The van der Waals surface area contributed by atoms with Crippen molar-refractivity contribution in [3.8, 4) is 0 Å².